The van der Waals surface area contributed by atoms with Crippen molar-refractivity contribution in [1.82, 2.24) is 4.98 Å². The Hall–Kier alpha value is -1.92. The van der Waals surface area contributed by atoms with E-state index in [0.29, 0.717) is 0 Å². The van der Waals surface area contributed by atoms with Gasteiger partial charge < -0.3 is 15.2 Å². The van der Waals surface area contributed by atoms with E-state index >= 15 is 0 Å². The third-order valence-corrected chi connectivity index (χ3v) is 1.85. The van der Waals surface area contributed by atoms with E-state index in [9.17, 15) is 13.6 Å². The summed E-state index contributed by atoms with van der Waals surface area (Å²) in [5.74, 6) is -1.04. The van der Waals surface area contributed by atoms with Gasteiger partial charge in [0, 0.05) is 6.07 Å². The first-order valence-electron chi connectivity index (χ1n) is 4.22. The summed E-state index contributed by atoms with van der Waals surface area (Å²) in [6, 6.07) is 1.11. The number of pyridine rings is 1. The summed E-state index contributed by atoms with van der Waals surface area (Å²) in [7, 11) is 2.32. The molecule has 1 aromatic heterocycles. The second kappa shape index (κ2) is 4.73. The SMILES string of the molecule is COC(=O)c1nc(C(F)F)c(OC)cc1N. The molecule has 0 atom stereocenters. The summed E-state index contributed by atoms with van der Waals surface area (Å²) >= 11 is 0. The third kappa shape index (κ3) is 2.18. The van der Waals surface area contributed by atoms with Gasteiger partial charge in [-0.25, -0.2) is 18.6 Å². The van der Waals surface area contributed by atoms with Crippen LogP contribution in [0.5, 0.6) is 5.75 Å². The number of alkyl halides is 2. The van der Waals surface area contributed by atoms with Crippen LogP contribution in [0.15, 0.2) is 6.07 Å². The van der Waals surface area contributed by atoms with Gasteiger partial charge >= 0.3 is 5.97 Å². The molecule has 2 N–H and O–H groups in total. The topological polar surface area (TPSA) is 74.4 Å². The first kappa shape index (κ1) is 12.2. The lowest BCUT2D eigenvalue weighted by atomic mass is 10.2. The fourth-order valence-corrected chi connectivity index (χ4v) is 1.10. The van der Waals surface area contributed by atoms with Crippen LogP contribution in [0.4, 0.5) is 14.5 Å². The molecule has 88 valence electrons. The molecule has 0 unspecified atom stereocenters. The highest BCUT2D eigenvalue weighted by Crippen LogP contribution is 2.30. The normalized spacial score (nSPS) is 10.3. The van der Waals surface area contributed by atoms with Crippen molar-refractivity contribution in [2.45, 2.75) is 6.43 Å². The Morgan fingerprint density at radius 1 is 1.50 bits per heavy atom. The number of nitrogens with zero attached hydrogens (tertiary/aromatic N) is 1. The van der Waals surface area contributed by atoms with E-state index in [-0.39, 0.29) is 17.1 Å². The van der Waals surface area contributed by atoms with Crippen molar-refractivity contribution >= 4 is 11.7 Å². The number of halogens is 2. The molecule has 1 heterocycles. The number of esters is 1. The number of hydrogen-bond donors (Lipinski definition) is 1. The van der Waals surface area contributed by atoms with E-state index in [1.807, 2.05) is 0 Å². The molecule has 0 aliphatic heterocycles. The lowest BCUT2D eigenvalue weighted by Gasteiger charge is -2.10. The smallest absolute Gasteiger partial charge is 0.358 e. The molecule has 7 heteroatoms. The molecule has 5 nitrogen and oxygen atoms in total. The minimum Gasteiger partial charge on any atom is -0.495 e. The molecule has 0 aromatic carbocycles. The second-order valence-corrected chi connectivity index (χ2v) is 2.81. The number of nitrogens with two attached hydrogens (primary N) is 1. The van der Waals surface area contributed by atoms with Gasteiger partial charge in [-0.3, -0.25) is 0 Å². The predicted octanol–water partition coefficient (Wildman–Crippen LogP) is 1.40. The highest BCUT2D eigenvalue weighted by Gasteiger charge is 2.22. The Morgan fingerprint density at radius 3 is 2.56 bits per heavy atom. The van der Waals surface area contributed by atoms with Crippen LogP contribution in [0.1, 0.15) is 22.6 Å². The van der Waals surface area contributed by atoms with Crippen molar-refractivity contribution in [1.29, 1.82) is 0 Å². The van der Waals surface area contributed by atoms with Gasteiger partial charge in [0.05, 0.1) is 19.9 Å². The standard InChI is InChI=1S/C9H10F2N2O3/c1-15-5-3-4(12)6(9(14)16-2)13-7(5)8(10)11/h3,8H,12H2,1-2H3. The molecule has 0 saturated heterocycles. The Labute approximate surface area is 90.2 Å². The molecule has 0 saturated carbocycles. The van der Waals surface area contributed by atoms with Gasteiger partial charge in [0.15, 0.2) is 5.69 Å². The number of carbonyl (C=O) groups excluding carboxylic acids is 1. The maximum absolute atomic E-state index is 12.6. The number of ether oxygens (including phenoxy) is 2. The van der Waals surface area contributed by atoms with Gasteiger partial charge in [0.1, 0.15) is 11.4 Å². The van der Waals surface area contributed by atoms with Crippen LogP contribution in [0.2, 0.25) is 0 Å². The van der Waals surface area contributed by atoms with Crippen LogP contribution >= 0.6 is 0 Å². The molecule has 1 rings (SSSR count). The molecule has 0 bridgehead atoms. The number of nitrogen functional groups attached to an aromatic ring is 1. The second-order valence-electron chi connectivity index (χ2n) is 2.81. The van der Waals surface area contributed by atoms with Gasteiger partial charge in [-0.05, 0) is 0 Å². The average molecular weight is 232 g/mol. The van der Waals surface area contributed by atoms with Crippen molar-refractivity contribution in [2.75, 3.05) is 20.0 Å². The third-order valence-electron chi connectivity index (χ3n) is 1.85. The molecule has 0 spiro atoms. The van der Waals surface area contributed by atoms with Crippen molar-refractivity contribution in [3.8, 4) is 5.75 Å². The first-order chi connectivity index (χ1) is 7.51. The number of carbonyl (C=O) groups is 1. The summed E-state index contributed by atoms with van der Waals surface area (Å²) in [6.07, 6.45) is -2.86. The summed E-state index contributed by atoms with van der Waals surface area (Å²) in [4.78, 5) is 14.6. The lowest BCUT2D eigenvalue weighted by Crippen LogP contribution is -2.11. The molecule has 1 aromatic rings. The number of rotatable bonds is 3. The largest absolute Gasteiger partial charge is 0.495 e. The monoisotopic (exact) mass is 232 g/mol. The minimum atomic E-state index is -2.86. The van der Waals surface area contributed by atoms with Crippen LogP contribution in [-0.4, -0.2) is 25.2 Å². The average Bonchev–Trinajstić information content (AvgIpc) is 2.27. The fraction of sp³-hybridized carbons (Fsp3) is 0.333. The highest BCUT2D eigenvalue weighted by atomic mass is 19.3. The number of hydrogen-bond acceptors (Lipinski definition) is 5. The summed E-state index contributed by atoms with van der Waals surface area (Å²) in [5.41, 5.74) is 4.39. The Bertz CT molecular complexity index is 410. The number of aromatic nitrogens is 1. The number of methoxy groups -OCH3 is 2. The minimum absolute atomic E-state index is 0.0758. The zero-order valence-corrected chi connectivity index (χ0v) is 8.66. The molecule has 0 amide bonds. The molecule has 0 aliphatic carbocycles. The van der Waals surface area contributed by atoms with E-state index in [1.54, 1.807) is 0 Å². The van der Waals surface area contributed by atoms with E-state index in [0.717, 1.165) is 13.2 Å². The molecular weight excluding hydrogens is 222 g/mol. The van der Waals surface area contributed by atoms with Gasteiger partial charge in [-0.1, -0.05) is 0 Å². The number of anilines is 1. The van der Waals surface area contributed by atoms with Crippen molar-refractivity contribution < 1.29 is 23.0 Å². The van der Waals surface area contributed by atoms with Crippen LogP contribution < -0.4 is 10.5 Å². The first-order valence-corrected chi connectivity index (χ1v) is 4.22. The molecule has 0 aliphatic rings. The van der Waals surface area contributed by atoms with Gasteiger partial charge in [0.25, 0.3) is 6.43 Å². The summed E-state index contributed by atoms with van der Waals surface area (Å²) < 4.78 is 34.2. The van der Waals surface area contributed by atoms with Crippen molar-refractivity contribution in [3.05, 3.63) is 17.5 Å². The quantitative estimate of drug-likeness (QED) is 0.797. The maximum atomic E-state index is 12.6. The van der Waals surface area contributed by atoms with E-state index < -0.39 is 18.1 Å². The zero-order valence-electron chi connectivity index (χ0n) is 8.66. The lowest BCUT2D eigenvalue weighted by molar-refractivity contribution is 0.0593. The molecule has 0 fully saturated rings. The van der Waals surface area contributed by atoms with Gasteiger partial charge in [-0.15, -0.1) is 0 Å². The predicted molar refractivity (Wildman–Crippen MR) is 51.5 cm³/mol. The van der Waals surface area contributed by atoms with Gasteiger partial charge in [-0.2, -0.15) is 0 Å². The van der Waals surface area contributed by atoms with Crippen LogP contribution in [0.3, 0.4) is 0 Å². The van der Waals surface area contributed by atoms with Crippen LogP contribution in [0.25, 0.3) is 0 Å². The summed E-state index contributed by atoms with van der Waals surface area (Å²) in [6.45, 7) is 0. The summed E-state index contributed by atoms with van der Waals surface area (Å²) in [5, 5.41) is 0. The van der Waals surface area contributed by atoms with Crippen molar-refractivity contribution in [2.24, 2.45) is 0 Å². The van der Waals surface area contributed by atoms with E-state index in [4.69, 9.17) is 5.73 Å². The fourth-order valence-electron chi connectivity index (χ4n) is 1.10. The molecule has 0 radical (unpaired) electrons. The molecular formula is C9H10F2N2O3. The van der Waals surface area contributed by atoms with Crippen LogP contribution in [-0.2, 0) is 4.74 Å². The Balaban J connectivity index is 3.33. The van der Waals surface area contributed by atoms with Gasteiger partial charge in [0.2, 0.25) is 0 Å². The van der Waals surface area contributed by atoms with E-state index in [2.05, 4.69) is 14.5 Å². The van der Waals surface area contributed by atoms with Crippen molar-refractivity contribution in [3.63, 3.8) is 0 Å². The highest BCUT2D eigenvalue weighted by molar-refractivity contribution is 5.93. The van der Waals surface area contributed by atoms with Crippen LogP contribution in [0, 0.1) is 0 Å². The Kier molecular flexibility index (Phi) is 3.60. The maximum Gasteiger partial charge on any atom is 0.358 e. The zero-order chi connectivity index (χ0) is 12.3. The molecule has 16 heavy (non-hydrogen) atoms. The van der Waals surface area contributed by atoms with E-state index in [1.165, 1.54) is 7.11 Å². The Morgan fingerprint density at radius 2 is 2.12 bits per heavy atom.